The Bertz CT molecular complexity index is 783. The third kappa shape index (κ3) is 3.76. The fourth-order valence-electron chi connectivity index (χ4n) is 2.41. The van der Waals surface area contributed by atoms with Crippen LogP contribution in [0.25, 0.3) is 0 Å². The number of halogens is 3. The van der Waals surface area contributed by atoms with Gasteiger partial charge in [-0.3, -0.25) is 0 Å². The Morgan fingerprint density at radius 1 is 1.38 bits per heavy atom. The van der Waals surface area contributed by atoms with Crippen LogP contribution >= 0.6 is 27.5 Å². The molecule has 2 N–H and O–H groups in total. The summed E-state index contributed by atoms with van der Waals surface area (Å²) < 4.78 is 14.3. The molecule has 2 heterocycles. The quantitative estimate of drug-likeness (QED) is 0.588. The molecule has 1 aromatic carbocycles. The molecular formula is C15H14BrClFN5O. The van der Waals surface area contributed by atoms with Crippen LogP contribution in [-0.4, -0.2) is 34.4 Å². The van der Waals surface area contributed by atoms with Gasteiger partial charge in [-0.1, -0.05) is 11.6 Å². The van der Waals surface area contributed by atoms with Gasteiger partial charge in [-0.05, 0) is 40.9 Å². The van der Waals surface area contributed by atoms with E-state index < -0.39 is 5.82 Å². The maximum atomic E-state index is 13.9. The van der Waals surface area contributed by atoms with E-state index in [1.54, 1.807) is 12.1 Å². The third-order valence-electron chi connectivity index (χ3n) is 3.56. The van der Waals surface area contributed by atoms with Gasteiger partial charge in [-0.15, -0.1) is 0 Å². The van der Waals surface area contributed by atoms with E-state index in [0.717, 1.165) is 32.1 Å². The van der Waals surface area contributed by atoms with E-state index in [-0.39, 0.29) is 17.5 Å². The van der Waals surface area contributed by atoms with E-state index in [9.17, 15) is 9.50 Å². The molecule has 1 fully saturated rings. The van der Waals surface area contributed by atoms with Crippen LogP contribution in [0.4, 0.5) is 16.2 Å². The van der Waals surface area contributed by atoms with Crippen LogP contribution in [0.2, 0.25) is 5.02 Å². The Kier molecular flexibility index (Phi) is 5.15. The van der Waals surface area contributed by atoms with Crippen LogP contribution in [-0.2, 0) is 0 Å². The average molecular weight is 415 g/mol. The second kappa shape index (κ2) is 7.31. The maximum absolute atomic E-state index is 13.9. The Labute approximate surface area is 151 Å². The van der Waals surface area contributed by atoms with Gasteiger partial charge in [-0.25, -0.2) is 14.8 Å². The maximum Gasteiger partial charge on any atom is 0.245 e. The summed E-state index contributed by atoms with van der Waals surface area (Å²) in [7, 11) is 0. The van der Waals surface area contributed by atoms with Crippen LogP contribution < -0.4 is 10.3 Å². The lowest BCUT2D eigenvalue weighted by molar-refractivity contribution is 0.471. The lowest BCUT2D eigenvalue weighted by Gasteiger charge is -2.16. The Hall–Kier alpha value is -1.93. The molecule has 1 saturated heterocycles. The summed E-state index contributed by atoms with van der Waals surface area (Å²) in [5, 5.41) is 14.4. The standard InChI is InChI=1S/C15H14BrClFN5O/c16-11-6-10(17)5-9(13(11)24)7-20-22-15-19-8-12(18)14(21-15)23-3-1-2-4-23/h5-8,24H,1-4H2,(H,19,21,22)/b20-7+. The van der Waals surface area contributed by atoms with Crippen LogP contribution in [0, 0.1) is 5.82 Å². The highest BCUT2D eigenvalue weighted by atomic mass is 79.9. The number of phenolic OH excluding ortho intramolecular Hbond substituents is 1. The first-order valence-electron chi connectivity index (χ1n) is 7.29. The number of anilines is 2. The molecule has 2 aromatic rings. The fourth-order valence-corrected chi connectivity index (χ4v) is 3.24. The number of rotatable bonds is 4. The number of hydrogen-bond donors (Lipinski definition) is 2. The second-order valence-corrected chi connectivity index (χ2v) is 6.55. The molecular weight excluding hydrogens is 401 g/mol. The Morgan fingerprint density at radius 2 is 2.12 bits per heavy atom. The largest absolute Gasteiger partial charge is 0.506 e. The highest BCUT2D eigenvalue weighted by molar-refractivity contribution is 9.10. The van der Waals surface area contributed by atoms with Gasteiger partial charge in [0.2, 0.25) is 5.95 Å². The van der Waals surface area contributed by atoms with Crippen molar-refractivity contribution in [3.8, 4) is 5.75 Å². The first-order chi connectivity index (χ1) is 11.5. The smallest absolute Gasteiger partial charge is 0.245 e. The number of phenols is 1. The van der Waals surface area contributed by atoms with Crippen molar-refractivity contribution in [1.82, 2.24) is 9.97 Å². The Balaban J connectivity index is 1.76. The summed E-state index contributed by atoms with van der Waals surface area (Å²) >= 11 is 9.13. The predicted molar refractivity (Wildman–Crippen MR) is 95.5 cm³/mol. The summed E-state index contributed by atoms with van der Waals surface area (Å²) in [6, 6.07) is 3.14. The average Bonchev–Trinajstić information content (AvgIpc) is 3.07. The van der Waals surface area contributed by atoms with E-state index in [0.29, 0.717) is 15.1 Å². The molecule has 6 nitrogen and oxygen atoms in total. The topological polar surface area (TPSA) is 73.6 Å². The normalized spacial score (nSPS) is 14.5. The van der Waals surface area contributed by atoms with Crippen molar-refractivity contribution in [1.29, 1.82) is 0 Å². The van der Waals surface area contributed by atoms with Gasteiger partial charge in [0.1, 0.15) is 5.75 Å². The number of aromatic hydroxyl groups is 1. The first-order valence-corrected chi connectivity index (χ1v) is 8.46. The van der Waals surface area contributed by atoms with E-state index in [4.69, 9.17) is 11.6 Å². The molecule has 9 heteroatoms. The molecule has 0 spiro atoms. The molecule has 0 aliphatic carbocycles. The molecule has 0 saturated carbocycles. The van der Waals surface area contributed by atoms with Gasteiger partial charge in [0.05, 0.1) is 16.9 Å². The zero-order valence-electron chi connectivity index (χ0n) is 12.5. The van der Waals surface area contributed by atoms with Crippen molar-refractivity contribution in [2.45, 2.75) is 12.8 Å². The van der Waals surface area contributed by atoms with E-state index in [2.05, 4.69) is 36.4 Å². The van der Waals surface area contributed by atoms with E-state index >= 15 is 0 Å². The number of hydrogen-bond acceptors (Lipinski definition) is 6. The number of aromatic nitrogens is 2. The SMILES string of the molecule is Oc1c(Br)cc(Cl)cc1/C=N/Nc1ncc(F)c(N2CCCC2)n1. The Morgan fingerprint density at radius 3 is 2.88 bits per heavy atom. The fraction of sp³-hybridized carbons (Fsp3) is 0.267. The van der Waals surface area contributed by atoms with Crippen molar-refractivity contribution >= 4 is 45.5 Å². The predicted octanol–water partition coefficient (Wildman–Crippen LogP) is 3.78. The van der Waals surface area contributed by atoms with E-state index in [1.165, 1.54) is 6.21 Å². The van der Waals surface area contributed by atoms with Gasteiger partial charge < -0.3 is 10.0 Å². The molecule has 24 heavy (non-hydrogen) atoms. The monoisotopic (exact) mass is 413 g/mol. The van der Waals surface area contributed by atoms with Crippen molar-refractivity contribution in [3.05, 3.63) is 39.2 Å². The number of benzene rings is 1. The van der Waals surface area contributed by atoms with Crippen molar-refractivity contribution in [2.75, 3.05) is 23.4 Å². The van der Waals surface area contributed by atoms with Gasteiger partial charge in [-0.2, -0.15) is 10.1 Å². The highest BCUT2D eigenvalue weighted by Gasteiger charge is 2.18. The van der Waals surface area contributed by atoms with Gasteiger partial charge in [0.15, 0.2) is 11.6 Å². The highest BCUT2D eigenvalue weighted by Crippen LogP contribution is 2.30. The molecule has 1 aliphatic rings. The molecule has 1 aromatic heterocycles. The number of nitrogens with one attached hydrogen (secondary N) is 1. The van der Waals surface area contributed by atoms with Crippen molar-refractivity contribution in [3.63, 3.8) is 0 Å². The molecule has 1 aliphatic heterocycles. The summed E-state index contributed by atoms with van der Waals surface area (Å²) in [4.78, 5) is 9.90. The summed E-state index contributed by atoms with van der Waals surface area (Å²) in [5.74, 6) is 0.00857. The van der Waals surface area contributed by atoms with Crippen molar-refractivity contribution in [2.24, 2.45) is 5.10 Å². The van der Waals surface area contributed by atoms with Crippen LogP contribution in [0.15, 0.2) is 27.9 Å². The summed E-state index contributed by atoms with van der Waals surface area (Å²) in [6.45, 7) is 1.56. The van der Waals surface area contributed by atoms with Gasteiger partial charge >= 0.3 is 0 Å². The van der Waals surface area contributed by atoms with Crippen LogP contribution in [0.5, 0.6) is 5.75 Å². The molecule has 0 amide bonds. The van der Waals surface area contributed by atoms with Gasteiger partial charge in [0, 0.05) is 23.7 Å². The van der Waals surface area contributed by atoms with Crippen LogP contribution in [0.1, 0.15) is 18.4 Å². The van der Waals surface area contributed by atoms with Crippen LogP contribution in [0.3, 0.4) is 0 Å². The lowest BCUT2D eigenvalue weighted by Crippen LogP contribution is -2.21. The minimum atomic E-state index is -0.456. The second-order valence-electron chi connectivity index (χ2n) is 5.25. The van der Waals surface area contributed by atoms with Crippen molar-refractivity contribution < 1.29 is 9.50 Å². The zero-order valence-corrected chi connectivity index (χ0v) is 14.8. The van der Waals surface area contributed by atoms with E-state index in [1.807, 2.05) is 4.90 Å². The molecule has 0 unspecified atom stereocenters. The summed E-state index contributed by atoms with van der Waals surface area (Å²) in [5.41, 5.74) is 3.05. The molecule has 0 bridgehead atoms. The lowest BCUT2D eigenvalue weighted by atomic mass is 10.2. The molecule has 0 radical (unpaired) electrons. The third-order valence-corrected chi connectivity index (χ3v) is 4.38. The molecule has 126 valence electrons. The summed E-state index contributed by atoms with van der Waals surface area (Å²) in [6.07, 6.45) is 4.54. The van der Waals surface area contributed by atoms with Gasteiger partial charge in [0.25, 0.3) is 0 Å². The molecule has 0 atom stereocenters. The number of hydrazone groups is 1. The minimum absolute atomic E-state index is 0.0164. The number of nitrogens with zero attached hydrogens (tertiary/aromatic N) is 4. The first kappa shape index (κ1) is 16.9. The minimum Gasteiger partial charge on any atom is -0.506 e. The molecule has 3 rings (SSSR count). The zero-order chi connectivity index (χ0) is 17.1.